The molecule has 0 amide bonds. The van der Waals surface area contributed by atoms with Gasteiger partial charge in [0.05, 0.1) is 18.8 Å². The highest BCUT2D eigenvalue weighted by Crippen LogP contribution is 2.16. The Morgan fingerprint density at radius 1 is 1.23 bits per heavy atom. The molecule has 0 aliphatic carbocycles. The van der Waals surface area contributed by atoms with Gasteiger partial charge in [-0.15, -0.1) is 0 Å². The van der Waals surface area contributed by atoms with Crippen molar-refractivity contribution in [1.29, 1.82) is 0 Å². The van der Waals surface area contributed by atoms with Crippen molar-refractivity contribution < 1.29 is 18.6 Å². The molecular weight excluding hydrogens is 288 g/mol. The third-order valence-corrected chi connectivity index (χ3v) is 3.67. The third-order valence-electron chi connectivity index (χ3n) is 3.67. The average Bonchev–Trinajstić information content (AvgIpc) is 2.46. The van der Waals surface area contributed by atoms with Gasteiger partial charge in [-0.3, -0.25) is 4.90 Å². The van der Waals surface area contributed by atoms with E-state index >= 15 is 0 Å². The number of benzene rings is 1. The van der Waals surface area contributed by atoms with Gasteiger partial charge in [-0.2, -0.15) is 0 Å². The SMILES string of the molecule is CCC(C)N(Cc1ccc(F)cc1F)CC(O)COC(C)C. The van der Waals surface area contributed by atoms with Gasteiger partial charge in [-0.25, -0.2) is 8.78 Å². The first-order chi connectivity index (χ1) is 10.3. The summed E-state index contributed by atoms with van der Waals surface area (Å²) in [6.45, 7) is 8.85. The third kappa shape index (κ3) is 6.38. The van der Waals surface area contributed by atoms with Gasteiger partial charge in [0.15, 0.2) is 0 Å². The topological polar surface area (TPSA) is 32.7 Å². The smallest absolute Gasteiger partial charge is 0.130 e. The van der Waals surface area contributed by atoms with Crippen molar-refractivity contribution in [3.8, 4) is 0 Å². The maximum absolute atomic E-state index is 13.8. The second-order valence-electron chi connectivity index (χ2n) is 5.96. The highest BCUT2D eigenvalue weighted by atomic mass is 19.1. The van der Waals surface area contributed by atoms with Crippen LogP contribution in [-0.4, -0.2) is 41.4 Å². The number of rotatable bonds is 9. The van der Waals surface area contributed by atoms with Gasteiger partial charge in [-0.05, 0) is 33.3 Å². The Morgan fingerprint density at radius 2 is 1.91 bits per heavy atom. The number of halogens is 2. The summed E-state index contributed by atoms with van der Waals surface area (Å²) in [5.41, 5.74) is 0.429. The number of ether oxygens (including phenoxy) is 1. The van der Waals surface area contributed by atoms with E-state index in [4.69, 9.17) is 4.74 Å². The van der Waals surface area contributed by atoms with Gasteiger partial charge in [-0.1, -0.05) is 13.0 Å². The molecule has 0 heterocycles. The maximum atomic E-state index is 13.8. The van der Waals surface area contributed by atoms with Gasteiger partial charge in [0.1, 0.15) is 11.6 Å². The molecule has 2 unspecified atom stereocenters. The highest BCUT2D eigenvalue weighted by molar-refractivity contribution is 5.18. The van der Waals surface area contributed by atoms with Crippen LogP contribution in [0.2, 0.25) is 0 Å². The summed E-state index contributed by atoms with van der Waals surface area (Å²) in [5.74, 6) is -1.14. The Hall–Kier alpha value is -1.04. The normalized spacial score (nSPS) is 14.6. The van der Waals surface area contributed by atoms with Crippen LogP contribution in [0.5, 0.6) is 0 Å². The fourth-order valence-electron chi connectivity index (χ4n) is 2.15. The maximum Gasteiger partial charge on any atom is 0.130 e. The fourth-order valence-corrected chi connectivity index (χ4v) is 2.15. The summed E-state index contributed by atoms with van der Waals surface area (Å²) >= 11 is 0. The van der Waals surface area contributed by atoms with E-state index in [2.05, 4.69) is 0 Å². The lowest BCUT2D eigenvalue weighted by Crippen LogP contribution is -2.40. The molecular formula is C17H27F2NO2. The van der Waals surface area contributed by atoms with Crippen molar-refractivity contribution in [3.63, 3.8) is 0 Å². The van der Waals surface area contributed by atoms with E-state index in [1.165, 1.54) is 12.1 Å². The molecule has 126 valence electrons. The van der Waals surface area contributed by atoms with Crippen LogP contribution in [0.4, 0.5) is 8.78 Å². The summed E-state index contributed by atoms with van der Waals surface area (Å²) in [7, 11) is 0. The Balaban J connectivity index is 2.72. The zero-order chi connectivity index (χ0) is 16.7. The zero-order valence-corrected chi connectivity index (χ0v) is 13.9. The molecule has 1 aromatic rings. The highest BCUT2D eigenvalue weighted by Gasteiger charge is 2.19. The van der Waals surface area contributed by atoms with Gasteiger partial charge >= 0.3 is 0 Å². The molecule has 0 aliphatic heterocycles. The molecule has 0 saturated carbocycles. The minimum absolute atomic E-state index is 0.0567. The molecule has 0 radical (unpaired) electrons. The van der Waals surface area contributed by atoms with Crippen LogP contribution in [-0.2, 0) is 11.3 Å². The second-order valence-corrected chi connectivity index (χ2v) is 5.96. The zero-order valence-electron chi connectivity index (χ0n) is 13.9. The van der Waals surface area contributed by atoms with Gasteiger partial charge in [0.2, 0.25) is 0 Å². The van der Waals surface area contributed by atoms with Crippen molar-refractivity contribution in [3.05, 3.63) is 35.4 Å². The van der Waals surface area contributed by atoms with Crippen LogP contribution in [0.3, 0.4) is 0 Å². The molecule has 0 spiro atoms. The molecule has 2 atom stereocenters. The molecule has 0 fully saturated rings. The number of aliphatic hydroxyl groups excluding tert-OH is 1. The summed E-state index contributed by atoms with van der Waals surface area (Å²) in [4.78, 5) is 1.99. The summed E-state index contributed by atoms with van der Waals surface area (Å²) in [6, 6.07) is 3.78. The van der Waals surface area contributed by atoms with E-state index in [1.54, 1.807) is 0 Å². The second kappa shape index (κ2) is 9.18. The Morgan fingerprint density at radius 3 is 2.45 bits per heavy atom. The molecule has 0 aliphatic rings. The van der Waals surface area contributed by atoms with E-state index in [9.17, 15) is 13.9 Å². The first-order valence-electron chi connectivity index (χ1n) is 7.81. The quantitative estimate of drug-likeness (QED) is 0.758. The number of hydrogen-bond acceptors (Lipinski definition) is 3. The van der Waals surface area contributed by atoms with E-state index < -0.39 is 17.7 Å². The van der Waals surface area contributed by atoms with Crippen molar-refractivity contribution in [2.24, 2.45) is 0 Å². The molecule has 1 N–H and O–H groups in total. The lowest BCUT2D eigenvalue weighted by Gasteiger charge is -2.30. The molecule has 0 saturated heterocycles. The molecule has 1 aromatic carbocycles. The van der Waals surface area contributed by atoms with E-state index in [1.807, 2.05) is 32.6 Å². The average molecular weight is 315 g/mol. The van der Waals surface area contributed by atoms with Gasteiger partial charge in [0.25, 0.3) is 0 Å². The molecule has 0 bridgehead atoms. The monoisotopic (exact) mass is 315 g/mol. The van der Waals surface area contributed by atoms with Gasteiger partial charge < -0.3 is 9.84 Å². The largest absolute Gasteiger partial charge is 0.389 e. The minimum Gasteiger partial charge on any atom is -0.389 e. The van der Waals surface area contributed by atoms with E-state index in [0.717, 1.165) is 12.5 Å². The first kappa shape index (κ1) is 19.0. The summed E-state index contributed by atoms with van der Waals surface area (Å²) in [6.07, 6.45) is 0.293. The predicted molar refractivity (Wildman–Crippen MR) is 83.6 cm³/mol. The lowest BCUT2D eigenvalue weighted by molar-refractivity contribution is -0.0150. The lowest BCUT2D eigenvalue weighted by atomic mass is 10.1. The Bertz CT molecular complexity index is 454. The van der Waals surface area contributed by atoms with Crippen LogP contribution in [0.1, 0.15) is 39.7 Å². The minimum atomic E-state index is -0.639. The van der Waals surface area contributed by atoms with Crippen LogP contribution in [0, 0.1) is 11.6 Å². The van der Waals surface area contributed by atoms with E-state index in [-0.39, 0.29) is 18.8 Å². The van der Waals surface area contributed by atoms with Crippen LogP contribution < -0.4 is 0 Å². The number of nitrogens with zero attached hydrogens (tertiary/aromatic N) is 1. The first-order valence-corrected chi connectivity index (χ1v) is 7.81. The molecule has 0 aromatic heterocycles. The van der Waals surface area contributed by atoms with Gasteiger partial charge in [0, 0.05) is 30.8 Å². The van der Waals surface area contributed by atoms with Crippen LogP contribution >= 0.6 is 0 Å². The van der Waals surface area contributed by atoms with Crippen molar-refractivity contribution in [2.45, 2.75) is 58.9 Å². The van der Waals surface area contributed by atoms with Crippen molar-refractivity contribution in [1.82, 2.24) is 4.90 Å². The van der Waals surface area contributed by atoms with Crippen molar-refractivity contribution in [2.75, 3.05) is 13.2 Å². The predicted octanol–water partition coefficient (Wildman–Crippen LogP) is 3.35. The molecule has 1 rings (SSSR count). The molecule has 22 heavy (non-hydrogen) atoms. The number of hydrogen-bond donors (Lipinski definition) is 1. The molecule has 5 heteroatoms. The van der Waals surface area contributed by atoms with E-state index in [0.29, 0.717) is 18.7 Å². The Labute approximate surface area is 131 Å². The molecule has 3 nitrogen and oxygen atoms in total. The van der Waals surface area contributed by atoms with Crippen LogP contribution in [0.25, 0.3) is 0 Å². The van der Waals surface area contributed by atoms with Crippen LogP contribution in [0.15, 0.2) is 18.2 Å². The standard InChI is InChI=1S/C17H27F2NO2/c1-5-13(4)20(10-16(21)11-22-12(2)3)9-14-6-7-15(18)8-17(14)19/h6-8,12-13,16,21H,5,9-11H2,1-4H3. The van der Waals surface area contributed by atoms with Crippen molar-refractivity contribution >= 4 is 0 Å². The summed E-state index contributed by atoms with van der Waals surface area (Å²) in [5, 5.41) is 10.1. The summed E-state index contributed by atoms with van der Waals surface area (Å²) < 4.78 is 32.2. The Kier molecular flexibility index (Phi) is 7.93. The number of aliphatic hydroxyl groups is 1. The fraction of sp³-hybridized carbons (Fsp3) is 0.647.